The van der Waals surface area contributed by atoms with Gasteiger partial charge in [0, 0.05) is 13.1 Å². The summed E-state index contributed by atoms with van der Waals surface area (Å²) in [6, 6.07) is 2.21. The van der Waals surface area contributed by atoms with E-state index in [1.54, 1.807) is 6.92 Å². The van der Waals surface area contributed by atoms with Crippen LogP contribution in [-0.4, -0.2) is 47.2 Å². The fraction of sp³-hybridized carbons (Fsp3) is 0.833. The zero-order valence-corrected chi connectivity index (χ0v) is 10.1. The minimum atomic E-state index is -0.713. The molecule has 2 fully saturated rings. The van der Waals surface area contributed by atoms with Gasteiger partial charge in [-0.05, 0) is 32.1 Å². The van der Waals surface area contributed by atoms with Gasteiger partial charge in [-0.3, -0.25) is 9.69 Å². The smallest absolute Gasteiger partial charge is 0.235 e. The number of hydrogen-bond donors (Lipinski definition) is 2. The maximum absolute atomic E-state index is 11.8. The number of aliphatic hydroxyl groups excluding tert-OH is 1. The van der Waals surface area contributed by atoms with E-state index in [-0.39, 0.29) is 18.6 Å². The predicted molar refractivity (Wildman–Crippen MR) is 61.9 cm³/mol. The van der Waals surface area contributed by atoms with Gasteiger partial charge in [-0.1, -0.05) is 0 Å². The van der Waals surface area contributed by atoms with E-state index in [1.807, 2.05) is 4.90 Å². The fourth-order valence-electron chi connectivity index (χ4n) is 2.37. The molecule has 5 nitrogen and oxygen atoms in total. The van der Waals surface area contributed by atoms with E-state index in [4.69, 9.17) is 5.26 Å². The molecule has 1 saturated carbocycles. The van der Waals surface area contributed by atoms with E-state index in [2.05, 4.69) is 11.4 Å². The van der Waals surface area contributed by atoms with E-state index >= 15 is 0 Å². The van der Waals surface area contributed by atoms with E-state index in [0.717, 1.165) is 25.8 Å². The Labute approximate surface area is 101 Å². The van der Waals surface area contributed by atoms with Crippen LogP contribution in [0, 0.1) is 17.2 Å². The summed E-state index contributed by atoms with van der Waals surface area (Å²) in [7, 11) is 0. The van der Waals surface area contributed by atoms with Crippen LogP contribution in [-0.2, 0) is 4.79 Å². The van der Waals surface area contributed by atoms with Crippen LogP contribution in [0.15, 0.2) is 0 Å². The van der Waals surface area contributed by atoms with Crippen LogP contribution in [0.3, 0.4) is 0 Å². The van der Waals surface area contributed by atoms with E-state index in [1.165, 1.54) is 0 Å². The summed E-state index contributed by atoms with van der Waals surface area (Å²) in [5, 5.41) is 21.3. The van der Waals surface area contributed by atoms with Gasteiger partial charge in [-0.2, -0.15) is 5.26 Å². The van der Waals surface area contributed by atoms with Crippen molar-refractivity contribution in [1.29, 1.82) is 5.26 Å². The average Bonchev–Trinajstić information content (AvgIpc) is 3.04. The number of β-amino-alcohol motifs (C(OH)–C–C–N with tert-alkyl or cyclic N) is 1. The van der Waals surface area contributed by atoms with Crippen molar-refractivity contribution in [3.05, 3.63) is 0 Å². The van der Waals surface area contributed by atoms with Crippen molar-refractivity contribution >= 4 is 5.91 Å². The van der Waals surface area contributed by atoms with E-state index in [9.17, 15) is 9.90 Å². The molecule has 1 saturated heterocycles. The van der Waals surface area contributed by atoms with Crippen molar-refractivity contribution in [3.63, 3.8) is 0 Å². The monoisotopic (exact) mass is 237 g/mol. The molecule has 0 spiro atoms. The summed E-state index contributed by atoms with van der Waals surface area (Å²) in [4.78, 5) is 13.7. The molecule has 1 heterocycles. The molecule has 2 rings (SSSR count). The second-order valence-electron chi connectivity index (χ2n) is 5.31. The van der Waals surface area contributed by atoms with Crippen LogP contribution in [0.25, 0.3) is 0 Å². The van der Waals surface area contributed by atoms with E-state index < -0.39 is 5.54 Å². The van der Waals surface area contributed by atoms with E-state index in [0.29, 0.717) is 12.5 Å². The Balaban J connectivity index is 1.82. The molecular weight excluding hydrogens is 218 g/mol. The quantitative estimate of drug-likeness (QED) is 0.713. The van der Waals surface area contributed by atoms with Gasteiger partial charge in [0.15, 0.2) is 0 Å². The third-order valence-electron chi connectivity index (χ3n) is 3.64. The maximum Gasteiger partial charge on any atom is 0.235 e. The Kier molecular flexibility index (Phi) is 3.36. The summed E-state index contributed by atoms with van der Waals surface area (Å²) >= 11 is 0. The molecule has 1 amide bonds. The van der Waals surface area contributed by atoms with Crippen molar-refractivity contribution in [2.45, 2.75) is 37.8 Å². The first-order chi connectivity index (χ1) is 8.03. The lowest BCUT2D eigenvalue weighted by Gasteiger charge is -2.24. The van der Waals surface area contributed by atoms with Gasteiger partial charge < -0.3 is 10.4 Å². The first kappa shape index (κ1) is 12.3. The van der Waals surface area contributed by atoms with Crippen LogP contribution < -0.4 is 5.32 Å². The molecule has 17 heavy (non-hydrogen) atoms. The molecule has 2 aliphatic rings. The van der Waals surface area contributed by atoms with Crippen LogP contribution in [0.2, 0.25) is 0 Å². The molecule has 2 N–H and O–H groups in total. The normalized spacial score (nSPS) is 28.4. The Bertz CT molecular complexity index is 348. The van der Waals surface area contributed by atoms with Crippen molar-refractivity contribution in [3.8, 4) is 6.07 Å². The SMILES string of the molecule is CC(C#N)(NC(=O)CN1CC[C@@H](O)C1)C1CC1. The molecule has 1 unspecified atom stereocenters. The number of likely N-dealkylation sites (tertiary alicyclic amines) is 1. The summed E-state index contributed by atoms with van der Waals surface area (Å²) < 4.78 is 0. The zero-order chi connectivity index (χ0) is 12.5. The first-order valence-electron chi connectivity index (χ1n) is 6.16. The highest BCUT2D eigenvalue weighted by molar-refractivity contribution is 5.79. The number of carbonyl (C=O) groups excluding carboxylic acids is 1. The highest BCUT2D eigenvalue weighted by atomic mass is 16.3. The molecule has 0 aromatic heterocycles. The number of nitrogens with zero attached hydrogens (tertiary/aromatic N) is 2. The molecule has 0 aromatic carbocycles. The lowest BCUT2D eigenvalue weighted by atomic mass is 9.98. The molecule has 5 heteroatoms. The van der Waals surface area contributed by atoms with Gasteiger partial charge in [0.1, 0.15) is 5.54 Å². The Morgan fingerprint density at radius 1 is 1.59 bits per heavy atom. The first-order valence-corrected chi connectivity index (χ1v) is 6.16. The number of aliphatic hydroxyl groups is 1. The van der Waals surface area contributed by atoms with Crippen molar-refractivity contribution in [1.82, 2.24) is 10.2 Å². The minimum Gasteiger partial charge on any atom is -0.392 e. The van der Waals surface area contributed by atoms with Gasteiger partial charge in [-0.15, -0.1) is 0 Å². The molecular formula is C12H19N3O2. The fourth-order valence-corrected chi connectivity index (χ4v) is 2.37. The molecule has 1 aliphatic heterocycles. The highest BCUT2D eigenvalue weighted by Gasteiger charge is 2.43. The van der Waals surface area contributed by atoms with Crippen molar-refractivity contribution in [2.24, 2.45) is 5.92 Å². The largest absolute Gasteiger partial charge is 0.392 e. The highest BCUT2D eigenvalue weighted by Crippen LogP contribution is 2.39. The standard InChI is InChI=1S/C12H19N3O2/c1-12(8-13,9-2-3-9)14-11(17)7-15-5-4-10(16)6-15/h9-10,16H,2-7H2,1H3,(H,14,17)/t10-,12?/m1/s1. The zero-order valence-electron chi connectivity index (χ0n) is 10.1. The Hall–Kier alpha value is -1.12. The third kappa shape index (κ3) is 2.96. The van der Waals surface area contributed by atoms with Gasteiger partial charge in [-0.25, -0.2) is 0 Å². The molecule has 0 radical (unpaired) electrons. The minimum absolute atomic E-state index is 0.116. The number of nitriles is 1. The molecule has 2 atom stereocenters. The van der Waals surface area contributed by atoms with Gasteiger partial charge in [0.05, 0.1) is 18.7 Å². The molecule has 1 aliphatic carbocycles. The Morgan fingerprint density at radius 2 is 2.29 bits per heavy atom. The number of rotatable bonds is 4. The van der Waals surface area contributed by atoms with Crippen molar-refractivity contribution in [2.75, 3.05) is 19.6 Å². The van der Waals surface area contributed by atoms with Crippen LogP contribution in [0.4, 0.5) is 0 Å². The summed E-state index contributed by atoms with van der Waals surface area (Å²) in [6.07, 6.45) is 2.46. The average molecular weight is 237 g/mol. The van der Waals surface area contributed by atoms with Crippen LogP contribution in [0.5, 0.6) is 0 Å². The molecule has 0 bridgehead atoms. The van der Waals surface area contributed by atoms with Gasteiger partial charge in [0.25, 0.3) is 0 Å². The van der Waals surface area contributed by atoms with Gasteiger partial charge >= 0.3 is 0 Å². The second kappa shape index (κ2) is 4.63. The summed E-state index contributed by atoms with van der Waals surface area (Å²) in [5.74, 6) is 0.190. The number of nitrogens with one attached hydrogen (secondary N) is 1. The van der Waals surface area contributed by atoms with Crippen LogP contribution in [0.1, 0.15) is 26.2 Å². The summed E-state index contributed by atoms with van der Waals surface area (Å²) in [5.41, 5.74) is -0.713. The number of amides is 1. The van der Waals surface area contributed by atoms with Crippen LogP contribution >= 0.6 is 0 Å². The lowest BCUT2D eigenvalue weighted by Crippen LogP contribution is -2.50. The second-order valence-corrected chi connectivity index (χ2v) is 5.31. The Morgan fingerprint density at radius 3 is 2.76 bits per heavy atom. The third-order valence-corrected chi connectivity index (χ3v) is 3.64. The maximum atomic E-state index is 11.8. The van der Waals surface area contributed by atoms with Crippen molar-refractivity contribution < 1.29 is 9.90 Å². The topological polar surface area (TPSA) is 76.4 Å². The molecule has 94 valence electrons. The summed E-state index contributed by atoms with van der Waals surface area (Å²) in [6.45, 7) is 3.38. The predicted octanol–water partition coefficient (Wildman–Crippen LogP) is -0.139. The number of carbonyl (C=O) groups is 1. The lowest BCUT2D eigenvalue weighted by molar-refractivity contribution is -0.123. The molecule has 0 aromatic rings. The number of hydrogen-bond acceptors (Lipinski definition) is 4. The van der Waals surface area contributed by atoms with Gasteiger partial charge in [0.2, 0.25) is 5.91 Å².